The summed E-state index contributed by atoms with van der Waals surface area (Å²) in [5.74, 6) is -0.617. The fraction of sp³-hybridized carbons (Fsp3) is 0.0588. The van der Waals surface area contributed by atoms with Gasteiger partial charge in [0, 0.05) is 17.8 Å². The van der Waals surface area contributed by atoms with Crippen molar-refractivity contribution in [3.8, 4) is 6.07 Å². The molecule has 0 saturated heterocycles. The minimum absolute atomic E-state index is 0.0830. The van der Waals surface area contributed by atoms with Gasteiger partial charge in [0.15, 0.2) is 0 Å². The van der Waals surface area contributed by atoms with E-state index in [-0.39, 0.29) is 16.9 Å². The van der Waals surface area contributed by atoms with Crippen LogP contribution >= 0.6 is 0 Å². The number of carbonyl (C=O) groups excluding carboxylic acids is 1. The van der Waals surface area contributed by atoms with Crippen molar-refractivity contribution >= 4 is 23.4 Å². The number of non-ortho nitro benzene ring substituents is 1. The zero-order valence-electron chi connectivity index (χ0n) is 12.3. The van der Waals surface area contributed by atoms with Crippen molar-refractivity contribution in [3.63, 3.8) is 0 Å². The Hall–Kier alpha value is -3.46. The minimum Gasteiger partial charge on any atom is -0.321 e. The predicted molar refractivity (Wildman–Crippen MR) is 86.5 cm³/mol. The fourth-order valence-corrected chi connectivity index (χ4v) is 1.87. The predicted octanol–water partition coefficient (Wildman–Crippen LogP) is 3.45. The summed E-state index contributed by atoms with van der Waals surface area (Å²) in [4.78, 5) is 22.3. The van der Waals surface area contributed by atoms with Gasteiger partial charge in [-0.25, -0.2) is 0 Å². The standard InChI is InChI=1S/C17H13N3O3/c1-12-5-7-13(8-6-12)9-14(11-18)17(21)19-15-3-2-4-16(10-15)20(22)23/h2-10H,1H3,(H,19,21)/b14-9+. The Morgan fingerprint density at radius 3 is 2.57 bits per heavy atom. The fourth-order valence-electron chi connectivity index (χ4n) is 1.87. The number of carbonyl (C=O) groups is 1. The molecule has 0 aliphatic heterocycles. The third-order valence-electron chi connectivity index (χ3n) is 3.07. The van der Waals surface area contributed by atoms with Crippen LogP contribution in [0.1, 0.15) is 11.1 Å². The van der Waals surface area contributed by atoms with Crippen LogP contribution in [0.15, 0.2) is 54.1 Å². The third-order valence-corrected chi connectivity index (χ3v) is 3.07. The number of benzene rings is 2. The molecule has 0 fully saturated rings. The second kappa shape index (κ2) is 7.00. The van der Waals surface area contributed by atoms with E-state index in [9.17, 15) is 14.9 Å². The van der Waals surface area contributed by atoms with E-state index in [1.54, 1.807) is 12.1 Å². The van der Waals surface area contributed by atoms with Crippen LogP contribution in [0, 0.1) is 28.4 Å². The Morgan fingerprint density at radius 2 is 1.96 bits per heavy atom. The smallest absolute Gasteiger partial charge is 0.271 e. The van der Waals surface area contributed by atoms with E-state index in [0.717, 1.165) is 11.1 Å². The molecular weight excluding hydrogens is 294 g/mol. The van der Waals surface area contributed by atoms with Gasteiger partial charge in [0.2, 0.25) is 0 Å². The molecule has 2 aromatic rings. The number of aryl methyl sites for hydroxylation is 1. The molecule has 1 N–H and O–H groups in total. The Balaban J connectivity index is 2.21. The molecule has 0 aromatic heterocycles. The Kier molecular flexibility index (Phi) is 4.85. The van der Waals surface area contributed by atoms with Gasteiger partial charge in [-0.15, -0.1) is 0 Å². The number of hydrogen-bond acceptors (Lipinski definition) is 4. The van der Waals surface area contributed by atoms with Gasteiger partial charge in [0.25, 0.3) is 11.6 Å². The highest BCUT2D eigenvalue weighted by atomic mass is 16.6. The Labute approximate surface area is 132 Å². The van der Waals surface area contributed by atoms with Gasteiger partial charge >= 0.3 is 0 Å². The maximum atomic E-state index is 12.1. The molecule has 0 atom stereocenters. The maximum absolute atomic E-state index is 12.1. The number of rotatable bonds is 4. The number of nitrogens with one attached hydrogen (secondary N) is 1. The number of nitrogens with zero attached hydrogens (tertiary/aromatic N) is 2. The lowest BCUT2D eigenvalue weighted by Gasteiger charge is -2.04. The average molecular weight is 307 g/mol. The topological polar surface area (TPSA) is 96.0 Å². The zero-order chi connectivity index (χ0) is 16.8. The van der Waals surface area contributed by atoms with E-state index in [0.29, 0.717) is 0 Å². The van der Waals surface area contributed by atoms with E-state index in [2.05, 4.69) is 5.32 Å². The first kappa shape index (κ1) is 15.9. The number of anilines is 1. The molecule has 0 unspecified atom stereocenters. The molecule has 0 saturated carbocycles. The van der Waals surface area contributed by atoms with Crippen LogP contribution in [0.3, 0.4) is 0 Å². The van der Waals surface area contributed by atoms with Crippen molar-refractivity contribution in [1.29, 1.82) is 5.26 Å². The van der Waals surface area contributed by atoms with E-state index in [1.807, 2.05) is 25.1 Å². The van der Waals surface area contributed by atoms with E-state index < -0.39 is 10.8 Å². The number of hydrogen-bond donors (Lipinski definition) is 1. The molecule has 0 radical (unpaired) electrons. The molecule has 0 heterocycles. The molecule has 0 spiro atoms. The maximum Gasteiger partial charge on any atom is 0.271 e. The van der Waals surface area contributed by atoms with Crippen molar-refractivity contribution in [2.75, 3.05) is 5.32 Å². The van der Waals surface area contributed by atoms with Crippen molar-refractivity contribution in [1.82, 2.24) is 0 Å². The largest absolute Gasteiger partial charge is 0.321 e. The highest BCUT2D eigenvalue weighted by Gasteiger charge is 2.12. The third kappa shape index (κ3) is 4.25. The molecule has 2 aromatic carbocycles. The number of nitro benzene ring substituents is 1. The van der Waals surface area contributed by atoms with E-state index >= 15 is 0 Å². The van der Waals surface area contributed by atoms with Crippen LogP contribution in [0.5, 0.6) is 0 Å². The van der Waals surface area contributed by atoms with Gasteiger partial charge in [0.1, 0.15) is 11.6 Å². The summed E-state index contributed by atoms with van der Waals surface area (Å²) in [6.07, 6.45) is 1.46. The molecule has 2 rings (SSSR count). The van der Waals surface area contributed by atoms with Gasteiger partial charge in [0.05, 0.1) is 4.92 Å². The van der Waals surface area contributed by atoms with Crippen LogP contribution in [-0.4, -0.2) is 10.8 Å². The molecule has 0 bridgehead atoms. The van der Waals surface area contributed by atoms with Gasteiger partial charge in [-0.3, -0.25) is 14.9 Å². The lowest BCUT2D eigenvalue weighted by atomic mass is 10.1. The van der Waals surface area contributed by atoms with E-state index in [1.165, 1.54) is 30.3 Å². The van der Waals surface area contributed by atoms with Gasteiger partial charge in [-0.1, -0.05) is 35.9 Å². The molecule has 0 aliphatic carbocycles. The Morgan fingerprint density at radius 1 is 1.26 bits per heavy atom. The number of amides is 1. The monoisotopic (exact) mass is 307 g/mol. The normalized spacial score (nSPS) is 10.7. The van der Waals surface area contributed by atoms with E-state index in [4.69, 9.17) is 5.26 Å². The zero-order valence-corrected chi connectivity index (χ0v) is 12.3. The molecule has 6 nitrogen and oxygen atoms in total. The first-order chi connectivity index (χ1) is 11.0. The Bertz CT molecular complexity index is 818. The van der Waals surface area contributed by atoms with Crippen LogP contribution in [0.2, 0.25) is 0 Å². The first-order valence-corrected chi connectivity index (χ1v) is 6.74. The summed E-state index contributed by atoms with van der Waals surface area (Å²) in [6, 6.07) is 14.7. The molecule has 114 valence electrons. The summed E-state index contributed by atoms with van der Waals surface area (Å²) < 4.78 is 0. The SMILES string of the molecule is Cc1ccc(/C=C(\C#N)C(=O)Nc2cccc([N+](=O)[O-])c2)cc1. The van der Waals surface area contributed by atoms with Gasteiger partial charge < -0.3 is 5.32 Å². The van der Waals surface area contributed by atoms with Gasteiger partial charge in [-0.2, -0.15) is 5.26 Å². The molecular formula is C17H13N3O3. The second-order valence-corrected chi connectivity index (χ2v) is 4.84. The van der Waals surface area contributed by atoms with Crippen LogP contribution in [0.25, 0.3) is 6.08 Å². The average Bonchev–Trinajstić information content (AvgIpc) is 2.54. The number of nitriles is 1. The minimum atomic E-state index is -0.617. The first-order valence-electron chi connectivity index (χ1n) is 6.74. The van der Waals surface area contributed by atoms with Crippen molar-refractivity contribution in [2.45, 2.75) is 6.92 Å². The van der Waals surface area contributed by atoms with Crippen LogP contribution in [-0.2, 0) is 4.79 Å². The van der Waals surface area contributed by atoms with Crippen molar-refractivity contribution < 1.29 is 9.72 Å². The summed E-state index contributed by atoms with van der Waals surface area (Å²) >= 11 is 0. The summed E-state index contributed by atoms with van der Waals surface area (Å²) in [7, 11) is 0. The van der Waals surface area contributed by atoms with Crippen LogP contribution < -0.4 is 5.32 Å². The molecule has 1 amide bonds. The highest BCUT2D eigenvalue weighted by molar-refractivity contribution is 6.09. The van der Waals surface area contributed by atoms with Crippen molar-refractivity contribution in [3.05, 3.63) is 75.3 Å². The lowest BCUT2D eigenvalue weighted by Crippen LogP contribution is -2.13. The quantitative estimate of drug-likeness (QED) is 0.405. The van der Waals surface area contributed by atoms with Gasteiger partial charge in [-0.05, 0) is 24.6 Å². The summed E-state index contributed by atoms with van der Waals surface area (Å²) in [5.41, 5.74) is 1.83. The molecule has 6 heteroatoms. The molecule has 0 aliphatic rings. The highest BCUT2D eigenvalue weighted by Crippen LogP contribution is 2.18. The summed E-state index contributed by atoms with van der Waals surface area (Å²) in [6.45, 7) is 1.94. The lowest BCUT2D eigenvalue weighted by molar-refractivity contribution is -0.384. The number of nitro groups is 1. The molecule has 23 heavy (non-hydrogen) atoms. The van der Waals surface area contributed by atoms with Crippen molar-refractivity contribution in [2.24, 2.45) is 0 Å². The van der Waals surface area contributed by atoms with Crippen LogP contribution in [0.4, 0.5) is 11.4 Å². The second-order valence-electron chi connectivity index (χ2n) is 4.84. The summed E-state index contributed by atoms with van der Waals surface area (Å²) in [5, 5.41) is 22.4.